The minimum absolute atomic E-state index is 0.0663. The van der Waals surface area contributed by atoms with E-state index in [0.29, 0.717) is 18.1 Å². The van der Waals surface area contributed by atoms with Crippen LogP contribution in [0.1, 0.15) is 19.1 Å². The molecular formula is C13H22N4O3S. The molecule has 7 nitrogen and oxygen atoms in total. The van der Waals surface area contributed by atoms with Crippen LogP contribution < -0.4 is 16.0 Å². The second kappa shape index (κ2) is 10.2. The van der Waals surface area contributed by atoms with Crippen LogP contribution in [0.15, 0.2) is 10.6 Å². The highest BCUT2D eigenvalue weighted by Gasteiger charge is 2.08. The molecule has 0 atom stereocenters. The van der Waals surface area contributed by atoms with Crippen molar-refractivity contribution in [3.8, 4) is 0 Å². The van der Waals surface area contributed by atoms with Gasteiger partial charge in [0, 0.05) is 19.2 Å². The van der Waals surface area contributed by atoms with Gasteiger partial charge in [-0.15, -0.1) is 11.8 Å². The molecule has 1 aromatic rings. The molecule has 1 heterocycles. The lowest BCUT2D eigenvalue weighted by Gasteiger charge is -2.06. The van der Waals surface area contributed by atoms with Crippen LogP contribution in [0.5, 0.6) is 0 Å². The first-order chi connectivity index (χ1) is 10.1. The molecule has 2 amide bonds. The number of anilines is 1. The summed E-state index contributed by atoms with van der Waals surface area (Å²) in [6.45, 7) is 6.15. The first-order valence-electron chi connectivity index (χ1n) is 6.90. The first kappa shape index (κ1) is 17.5. The van der Waals surface area contributed by atoms with Crippen molar-refractivity contribution in [2.24, 2.45) is 0 Å². The maximum Gasteiger partial charge on any atom is 0.235 e. The molecule has 118 valence electrons. The summed E-state index contributed by atoms with van der Waals surface area (Å²) in [6, 6.07) is 1.64. The van der Waals surface area contributed by atoms with E-state index >= 15 is 0 Å². The van der Waals surface area contributed by atoms with E-state index < -0.39 is 0 Å². The van der Waals surface area contributed by atoms with Crippen LogP contribution in [0.3, 0.4) is 0 Å². The number of rotatable bonds is 10. The van der Waals surface area contributed by atoms with Crippen LogP contribution in [0.2, 0.25) is 0 Å². The van der Waals surface area contributed by atoms with Gasteiger partial charge in [-0.25, -0.2) is 0 Å². The zero-order chi connectivity index (χ0) is 15.5. The van der Waals surface area contributed by atoms with Crippen LogP contribution in [0.25, 0.3) is 0 Å². The van der Waals surface area contributed by atoms with Crippen molar-refractivity contribution >= 4 is 29.4 Å². The largest absolute Gasteiger partial charge is 0.360 e. The van der Waals surface area contributed by atoms with Gasteiger partial charge in [0.15, 0.2) is 5.82 Å². The number of amides is 2. The summed E-state index contributed by atoms with van der Waals surface area (Å²) in [5, 5.41) is 12.2. The Bertz CT molecular complexity index is 450. The van der Waals surface area contributed by atoms with Crippen molar-refractivity contribution < 1.29 is 14.1 Å². The molecular weight excluding hydrogens is 292 g/mol. The van der Waals surface area contributed by atoms with Crippen LogP contribution in [0, 0.1) is 6.92 Å². The fourth-order valence-corrected chi connectivity index (χ4v) is 2.13. The second-order valence-corrected chi connectivity index (χ2v) is 5.45. The Balaban J connectivity index is 2.04. The highest BCUT2D eigenvalue weighted by molar-refractivity contribution is 8.00. The van der Waals surface area contributed by atoms with Crippen molar-refractivity contribution in [1.82, 2.24) is 15.8 Å². The van der Waals surface area contributed by atoms with Crippen molar-refractivity contribution in [2.45, 2.75) is 20.3 Å². The topological polar surface area (TPSA) is 96.3 Å². The van der Waals surface area contributed by atoms with Gasteiger partial charge in [-0.3, -0.25) is 9.59 Å². The van der Waals surface area contributed by atoms with E-state index in [1.54, 1.807) is 13.0 Å². The average molecular weight is 314 g/mol. The number of carbonyl (C=O) groups is 2. The summed E-state index contributed by atoms with van der Waals surface area (Å²) in [4.78, 5) is 23.1. The van der Waals surface area contributed by atoms with Gasteiger partial charge in [0.25, 0.3) is 0 Å². The molecule has 0 radical (unpaired) electrons. The predicted octanol–water partition coefficient (Wildman–Crippen LogP) is 0.771. The van der Waals surface area contributed by atoms with Crippen molar-refractivity contribution in [1.29, 1.82) is 0 Å². The Kier molecular flexibility index (Phi) is 8.53. The Morgan fingerprint density at radius 1 is 1.24 bits per heavy atom. The molecule has 0 aliphatic carbocycles. The molecule has 0 saturated heterocycles. The molecule has 3 N–H and O–H groups in total. The maximum atomic E-state index is 11.6. The van der Waals surface area contributed by atoms with Gasteiger partial charge < -0.3 is 20.5 Å². The summed E-state index contributed by atoms with van der Waals surface area (Å²) >= 11 is 1.26. The molecule has 8 heteroatoms. The summed E-state index contributed by atoms with van der Waals surface area (Å²) in [7, 11) is 0. The molecule has 0 saturated carbocycles. The summed E-state index contributed by atoms with van der Waals surface area (Å²) in [5.41, 5.74) is 0. The third-order valence-corrected chi connectivity index (χ3v) is 3.35. The molecule has 21 heavy (non-hydrogen) atoms. The van der Waals surface area contributed by atoms with E-state index in [9.17, 15) is 9.59 Å². The van der Waals surface area contributed by atoms with Crippen LogP contribution in [-0.2, 0) is 9.59 Å². The first-order valence-corrected chi connectivity index (χ1v) is 8.05. The van der Waals surface area contributed by atoms with E-state index in [-0.39, 0.29) is 23.3 Å². The SMILES string of the molecule is CCCNCCNC(=O)CSCC(=O)Nc1cc(C)on1. The predicted molar refractivity (Wildman–Crippen MR) is 83.4 cm³/mol. The lowest BCUT2D eigenvalue weighted by Crippen LogP contribution is -2.33. The molecule has 0 unspecified atom stereocenters. The molecule has 0 bridgehead atoms. The summed E-state index contributed by atoms with van der Waals surface area (Å²) < 4.78 is 4.84. The molecule has 0 aliphatic heterocycles. The van der Waals surface area contributed by atoms with Crippen LogP contribution in [0.4, 0.5) is 5.82 Å². The fraction of sp³-hybridized carbons (Fsp3) is 0.615. The third-order valence-electron chi connectivity index (χ3n) is 2.41. The Labute approximate surface area is 128 Å². The third kappa shape index (κ3) is 8.36. The Morgan fingerprint density at radius 3 is 2.67 bits per heavy atom. The lowest BCUT2D eigenvalue weighted by atomic mass is 10.4. The highest BCUT2D eigenvalue weighted by Crippen LogP contribution is 2.08. The van der Waals surface area contributed by atoms with E-state index in [2.05, 4.69) is 28.0 Å². The number of aryl methyl sites for hydroxylation is 1. The monoisotopic (exact) mass is 314 g/mol. The minimum atomic E-state index is -0.203. The number of thioether (sulfide) groups is 1. The van der Waals surface area contributed by atoms with Gasteiger partial charge in [0.1, 0.15) is 5.76 Å². The molecule has 0 aliphatic rings. The summed E-state index contributed by atoms with van der Waals surface area (Å²) in [5.74, 6) is 1.22. The van der Waals surface area contributed by atoms with Gasteiger partial charge in [-0.2, -0.15) is 0 Å². The van der Waals surface area contributed by atoms with Crippen molar-refractivity contribution in [3.05, 3.63) is 11.8 Å². The van der Waals surface area contributed by atoms with E-state index in [1.807, 2.05) is 0 Å². The number of carbonyl (C=O) groups excluding carboxylic acids is 2. The molecule has 0 spiro atoms. The quantitative estimate of drug-likeness (QED) is 0.552. The zero-order valence-corrected chi connectivity index (χ0v) is 13.2. The number of nitrogens with one attached hydrogen (secondary N) is 3. The average Bonchev–Trinajstić information content (AvgIpc) is 2.83. The van der Waals surface area contributed by atoms with Crippen LogP contribution >= 0.6 is 11.8 Å². The normalized spacial score (nSPS) is 10.4. The molecule has 1 aromatic heterocycles. The maximum absolute atomic E-state index is 11.6. The second-order valence-electron chi connectivity index (χ2n) is 4.46. The van der Waals surface area contributed by atoms with E-state index in [4.69, 9.17) is 4.52 Å². The fourth-order valence-electron chi connectivity index (χ4n) is 1.48. The van der Waals surface area contributed by atoms with Gasteiger partial charge in [-0.05, 0) is 19.9 Å². The standard InChI is InChI=1S/C13H22N4O3S/c1-3-4-14-5-6-15-12(18)8-21-9-13(19)16-11-7-10(2)20-17-11/h7,14H,3-6,8-9H2,1-2H3,(H,15,18)(H,16,17,19). The summed E-state index contributed by atoms with van der Waals surface area (Å²) in [6.07, 6.45) is 1.07. The van der Waals surface area contributed by atoms with Crippen molar-refractivity contribution in [2.75, 3.05) is 36.5 Å². The molecule has 0 fully saturated rings. The van der Waals surface area contributed by atoms with Gasteiger partial charge in [-0.1, -0.05) is 12.1 Å². The molecule has 0 aromatic carbocycles. The van der Waals surface area contributed by atoms with Gasteiger partial charge in [0.05, 0.1) is 11.5 Å². The van der Waals surface area contributed by atoms with Gasteiger partial charge in [0.2, 0.25) is 11.8 Å². The van der Waals surface area contributed by atoms with E-state index in [0.717, 1.165) is 19.5 Å². The van der Waals surface area contributed by atoms with E-state index in [1.165, 1.54) is 11.8 Å². The number of nitrogens with zero attached hydrogens (tertiary/aromatic N) is 1. The number of aromatic nitrogens is 1. The minimum Gasteiger partial charge on any atom is -0.360 e. The number of hydrogen-bond donors (Lipinski definition) is 3. The highest BCUT2D eigenvalue weighted by atomic mass is 32.2. The smallest absolute Gasteiger partial charge is 0.235 e. The van der Waals surface area contributed by atoms with Crippen LogP contribution in [-0.4, -0.2) is 48.1 Å². The lowest BCUT2D eigenvalue weighted by molar-refractivity contribution is -0.118. The molecule has 1 rings (SSSR count). The van der Waals surface area contributed by atoms with Gasteiger partial charge >= 0.3 is 0 Å². The Hall–Kier alpha value is -1.54. The Morgan fingerprint density at radius 2 is 2.00 bits per heavy atom. The van der Waals surface area contributed by atoms with Crippen molar-refractivity contribution in [3.63, 3.8) is 0 Å². The zero-order valence-electron chi connectivity index (χ0n) is 12.4. The number of hydrogen-bond acceptors (Lipinski definition) is 6.